The largest absolute Gasteiger partial charge is 0.394 e. The number of aromatic nitrogens is 1. The van der Waals surface area contributed by atoms with Gasteiger partial charge in [-0.2, -0.15) is 0 Å². The Labute approximate surface area is 106 Å². The summed E-state index contributed by atoms with van der Waals surface area (Å²) in [5.41, 5.74) is 0.559. The van der Waals surface area contributed by atoms with Crippen LogP contribution >= 0.6 is 11.6 Å². The number of halogens is 1. The van der Waals surface area contributed by atoms with Crippen LogP contribution in [0.3, 0.4) is 0 Å². The van der Waals surface area contributed by atoms with Crippen molar-refractivity contribution in [3.8, 4) is 0 Å². The van der Waals surface area contributed by atoms with E-state index in [9.17, 15) is 9.90 Å². The lowest BCUT2D eigenvalue weighted by Crippen LogP contribution is -2.47. The lowest BCUT2D eigenvalue weighted by Gasteiger charge is -2.34. The molecule has 0 aliphatic carbocycles. The van der Waals surface area contributed by atoms with Crippen molar-refractivity contribution in [2.75, 3.05) is 13.7 Å². The van der Waals surface area contributed by atoms with Gasteiger partial charge in [-0.25, -0.2) is 4.98 Å². The van der Waals surface area contributed by atoms with E-state index in [0.717, 1.165) is 0 Å². The van der Waals surface area contributed by atoms with Gasteiger partial charge in [-0.05, 0) is 32.9 Å². The molecule has 94 valence electrons. The number of pyridine rings is 1. The molecule has 0 saturated carbocycles. The molecule has 0 atom stereocenters. The Morgan fingerprint density at radius 3 is 2.59 bits per heavy atom. The molecule has 5 heteroatoms. The van der Waals surface area contributed by atoms with Crippen LogP contribution in [0.15, 0.2) is 12.1 Å². The summed E-state index contributed by atoms with van der Waals surface area (Å²) in [5, 5.41) is 9.53. The van der Waals surface area contributed by atoms with Crippen molar-refractivity contribution in [2.24, 2.45) is 0 Å². The van der Waals surface area contributed by atoms with Crippen molar-refractivity contribution in [3.05, 3.63) is 28.5 Å². The molecule has 0 radical (unpaired) electrons. The Morgan fingerprint density at radius 2 is 2.12 bits per heavy atom. The zero-order valence-corrected chi connectivity index (χ0v) is 11.2. The molecule has 0 bridgehead atoms. The normalized spacial score (nSPS) is 11.4. The average Bonchev–Trinajstić information content (AvgIpc) is 2.25. The number of rotatable bonds is 3. The summed E-state index contributed by atoms with van der Waals surface area (Å²) < 4.78 is 0. The minimum absolute atomic E-state index is 0.104. The van der Waals surface area contributed by atoms with Gasteiger partial charge >= 0.3 is 0 Å². The molecule has 0 aromatic carbocycles. The van der Waals surface area contributed by atoms with E-state index < -0.39 is 5.54 Å². The number of aryl methyl sites for hydroxylation is 1. The van der Waals surface area contributed by atoms with E-state index in [1.54, 1.807) is 33.9 Å². The highest BCUT2D eigenvalue weighted by molar-refractivity contribution is 6.29. The lowest BCUT2D eigenvalue weighted by molar-refractivity contribution is 0.0473. The number of carbonyl (C=O) groups excluding carboxylic acids is 1. The fourth-order valence-electron chi connectivity index (χ4n) is 1.33. The Kier molecular flexibility index (Phi) is 4.11. The van der Waals surface area contributed by atoms with Crippen molar-refractivity contribution >= 4 is 17.5 Å². The third-order valence-electron chi connectivity index (χ3n) is 2.77. The van der Waals surface area contributed by atoms with E-state index in [0.29, 0.717) is 16.4 Å². The van der Waals surface area contributed by atoms with Gasteiger partial charge in [-0.15, -0.1) is 0 Å². The summed E-state index contributed by atoms with van der Waals surface area (Å²) in [5.74, 6) is -0.184. The molecule has 0 saturated heterocycles. The van der Waals surface area contributed by atoms with Gasteiger partial charge in [0, 0.05) is 18.3 Å². The first-order valence-electron chi connectivity index (χ1n) is 5.31. The van der Waals surface area contributed by atoms with Crippen LogP contribution in [-0.4, -0.2) is 40.1 Å². The standard InChI is InChI=1S/C12H17ClN2O2/c1-8-5-9(6-10(13)14-8)11(17)15(4)12(2,3)7-16/h5-6,16H,7H2,1-4H3. The van der Waals surface area contributed by atoms with Crippen LogP contribution in [0.25, 0.3) is 0 Å². The maximum absolute atomic E-state index is 12.2. The number of likely N-dealkylation sites (N-methyl/N-ethyl adjacent to an activating group) is 1. The number of carbonyl (C=O) groups is 1. The summed E-state index contributed by atoms with van der Waals surface area (Å²) in [6.07, 6.45) is 0. The van der Waals surface area contributed by atoms with Crippen LogP contribution in [0.2, 0.25) is 5.15 Å². The first-order chi connectivity index (χ1) is 7.77. The SMILES string of the molecule is Cc1cc(C(=O)N(C)C(C)(C)CO)cc(Cl)n1. The molecular formula is C12H17ClN2O2. The van der Waals surface area contributed by atoms with Crippen LogP contribution in [0.4, 0.5) is 0 Å². The molecule has 1 N–H and O–H groups in total. The molecule has 1 rings (SSSR count). The van der Waals surface area contributed by atoms with Crippen molar-refractivity contribution in [1.82, 2.24) is 9.88 Å². The molecule has 0 aliphatic heterocycles. The summed E-state index contributed by atoms with van der Waals surface area (Å²) in [7, 11) is 1.65. The molecule has 1 heterocycles. The predicted molar refractivity (Wildman–Crippen MR) is 67.2 cm³/mol. The molecular weight excluding hydrogens is 240 g/mol. The fraction of sp³-hybridized carbons (Fsp3) is 0.500. The van der Waals surface area contributed by atoms with Gasteiger partial charge in [0.1, 0.15) is 5.15 Å². The number of amides is 1. The van der Waals surface area contributed by atoms with Crippen LogP contribution in [0.5, 0.6) is 0 Å². The maximum Gasteiger partial charge on any atom is 0.254 e. The minimum Gasteiger partial charge on any atom is -0.394 e. The van der Waals surface area contributed by atoms with Gasteiger partial charge < -0.3 is 10.0 Å². The maximum atomic E-state index is 12.2. The second-order valence-electron chi connectivity index (χ2n) is 4.65. The fourth-order valence-corrected chi connectivity index (χ4v) is 1.58. The lowest BCUT2D eigenvalue weighted by atomic mass is 10.0. The van der Waals surface area contributed by atoms with Crippen molar-refractivity contribution in [1.29, 1.82) is 0 Å². The zero-order chi connectivity index (χ0) is 13.2. The van der Waals surface area contributed by atoms with Crippen LogP contribution in [0.1, 0.15) is 29.9 Å². The van der Waals surface area contributed by atoms with Crippen molar-refractivity contribution in [2.45, 2.75) is 26.3 Å². The molecule has 4 nitrogen and oxygen atoms in total. The summed E-state index contributed by atoms with van der Waals surface area (Å²) in [4.78, 5) is 17.7. The number of hydrogen-bond acceptors (Lipinski definition) is 3. The minimum atomic E-state index is -0.610. The summed E-state index contributed by atoms with van der Waals surface area (Å²) in [6.45, 7) is 5.26. The Balaban J connectivity index is 3.04. The molecule has 0 spiro atoms. The van der Waals surface area contributed by atoms with E-state index in [1.165, 1.54) is 11.0 Å². The van der Waals surface area contributed by atoms with Gasteiger partial charge in [0.2, 0.25) is 0 Å². The van der Waals surface area contributed by atoms with Gasteiger partial charge in [0.15, 0.2) is 0 Å². The van der Waals surface area contributed by atoms with E-state index in [4.69, 9.17) is 11.6 Å². The van der Waals surface area contributed by atoms with Crippen molar-refractivity contribution in [3.63, 3.8) is 0 Å². The highest BCUT2D eigenvalue weighted by Gasteiger charge is 2.27. The van der Waals surface area contributed by atoms with Gasteiger partial charge in [0.05, 0.1) is 12.1 Å². The molecule has 17 heavy (non-hydrogen) atoms. The van der Waals surface area contributed by atoms with Crippen LogP contribution in [0, 0.1) is 6.92 Å². The van der Waals surface area contributed by atoms with Crippen LogP contribution < -0.4 is 0 Å². The highest BCUT2D eigenvalue weighted by atomic mass is 35.5. The quantitative estimate of drug-likeness (QED) is 0.841. The smallest absolute Gasteiger partial charge is 0.254 e. The van der Waals surface area contributed by atoms with E-state index in [-0.39, 0.29) is 12.5 Å². The molecule has 1 amide bonds. The van der Waals surface area contributed by atoms with Crippen LogP contribution in [-0.2, 0) is 0 Å². The van der Waals surface area contributed by atoms with E-state index >= 15 is 0 Å². The monoisotopic (exact) mass is 256 g/mol. The second kappa shape index (κ2) is 5.02. The summed E-state index contributed by atoms with van der Waals surface area (Å²) in [6, 6.07) is 3.21. The molecule has 0 unspecified atom stereocenters. The number of aliphatic hydroxyl groups is 1. The van der Waals surface area contributed by atoms with Gasteiger partial charge in [-0.3, -0.25) is 4.79 Å². The topological polar surface area (TPSA) is 53.4 Å². The predicted octanol–water partition coefficient (Wildman–Crippen LogP) is 1.89. The first-order valence-corrected chi connectivity index (χ1v) is 5.69. The third-order valence-corrected chi connectivity index (χ3v) is 2.96. The Bertz CT molecular complexity index is 412. The average molecular weight is 257 g/mol. The summed E-state index contributed by atoms with van der Waals surface area (Å²) >= 11 is 5.82. The van der Waals surface area contributed by atoms with Gasteiger partial charge in [0.25, 0.3) is 5.91 Å². The third kappa shape index (κ3) is 3.17. The highest BCUT2D eigenvalue weighted by Crippen LogP contribution is 2.17. The Morgan fingerprint density at radius 1 is 1.53 bits per heavy atom. The molecule has 1 aromatic heterocycles. The molecule has 0 aliphatic rings. The van der Waals surface area contributed by atoms with E-state index in [2.05, 4.69) is 4.98 Å². The van der Waals surface area contributed by atoms with Gasteiger partial charge in [-0.1, -0.05) is 11.6 Å². The Hall–Kier alpha value is -1.13. The number of hydrogen-bond donors (Lipinski definition) is 1. The second-order valence-corrected chi connectivity index (χ2v) is 5.04. The molecule has 0 fully saturated rings. The van der Waals surface area contributed by atoms with E-state index in [1.807, 2.05) is 0 Å². The molecule has 1 aromatic rings. The van der Waals surface area contributed by atoms with Crippen molar-refractivity contribution < 1.29 is 9.90 Å². The zero-order valence-electron chi connectivity index (χ0n) is 10.5. The number of aliphatic hydroxyl groups excluding tert-OH is 1. The first kappa shape index (κ1) is 13.9. The number of nitrogens with zero attached hydrogens (tertiary/aromatic N) is 2.